The number of hydrogen-bond acceptors (Lipinski definition) is 4. The maximum atomic E-state index is 4.68. The number of guanidine groups is 1. The molecule has 7 heteroatoms. The van der Waals surface area contributed by atoms with E-state index in [4.69, 9.17) is 0 Å². The summed E-state index contributed by atoms with van der Waals surface area (Å²) in [5.41, 5.74) is 0.854. The molecule has 0 radical (unpaired) electrons. The molecule has 1 aliphatic heterocycles. The molecule has 0 saturated carbocycles. The lowest BCUT2D eigenvalue weighted by Crippen LogP contribution is -2.40. The molecular formula is C18H29N7. The Labute approximate surface area is 149 Å². The van der Waals surface area contributed by atoms with Crippen molar-refractivity contribution in [1.29, 1.82) is 0 Å². The molecule has 2 N–H and O–H groups in total. The van der Waals surface area contributed by atoms with Crippen LogP contribution in [-0.4, -0.2) is 58.2 Å². The van der Waals surface area contributed by atoms with Crippen LogP contribution in [-0.2, 0) is 6.54 Å². The number of aliphatic imine (C=N–C) groups is 1. The maximum absolute atomic E-state index is 4.68. The van der Waals surface area contributed by atoms with Gasteiger partial charge in [0.2, 0.25) is 0 Å². The summed E-state index contributed by atoms with van der Waals surface area (Å²) >= 11 is 0. The fraction of sp³-hybridized carbons (Fsp3) is 0.611. The molecule has 25 heavy (non-hydrogen) atoms. The van der Waals surface area contributed by atoms with Gasteiger partial charge in [-0.05, 0) is 50.9 Å². The summed E-state index contributed by atoms with van der Waals surface area (Å²) < 4.78 is 1.98. The van der Waals surface area contributed by atoms with E-state index in [0.29, 0.717) is 12.5 Å². The molecule has 1 aliphatic rings. The Balaban J connectivity index is 1.56. The van der Waals surface area contributed by atoms with Crippen molar-refractivity contribution in [2.24, 2.45) is 10.9 Å². The number of hydrogen-bond donors (Lipinski definition) is 2. The number of nitrogens with zero attached hydrogens (tertiary/aromatic N) is 5. The van der Waals surface area contributed by atoms with E-state index in [-0.39, 0.29) is 0 Å². The first kappa shape index (κ1) is 17.7. The van der Waals surface area contributed by atoms with Crippen molar-refractivity contribution in [3.8, 4) is 0 Å². The lowest BCUT2D eigenvalue weighted by molar-refractivity contribution is 0.324. The zero-order valence-electron chi connectivity index (χ0n) is 15.3. The highest BCUT2D eigenvalue weighted by Crippen LogP contribution is 2.15. The largest absolute Gasteiger partial charge is 0.357 e. The average molecular weight is 343 g/mol. The minimum atomic E-state index is 0.507. The molecule has 3 rings (SSSR count). The van der Waals surface area contributed by atoms with Crippen LogP contribution in [0.3, 0.4) is 0 Å². The predicted octanol–water partition coefficient (Wildman–Crippen LogP) is 1.52. The van der Waals surface area contributed by atoms with Crippen LogP contribution in [0.4, 0.5) is 0 Å². The normalized spacial score (nSPS) is 18.8. The highest BCUT2D eigenvalue weighted by Gasteiger charge is 2.21. The van der Waals surface area contributed by atoms with Crippen molar-refractivity contribution in [1.82, 2.24) is 30.1 Å². The van der Waals surface area contributed by atoms with E-state index < -0.39 is 0 Å². The van der Waals surface area contributed by atoms with Crippen LogP contribution in [0.1, 0.15) is 32.5 Å². The summed E-state index contributed by atoms with van der Waals surface area (Å²) in [4.78, 5) is 7.23. The van der Waals surface area contributed by atoms with Crippen LogP contribution in [0.15, 0.2) is 29.4 Å². The number of likely N-dealkylation sites (tertiary alicyclic amines) is 1. The van der Waals surface area contributed by atoms with Crippen LogP contribution in [0.25, 0.3) is 5.65 Å². The number of aromatic nitrogens is 3. The van der Waals surface area contributed by atoms with Gasteiger partial charge in [-0.25, -0.2) is 4.99 Å². The van der Waals surface area contributed by atoms with Crippen LogP contribution in [0.5, 0.6) is 0 Å². The van der Waals surface area contributed by atoms with Gasteiger partial charge < -0.3 is 15.5 Å². The fourth-order valence-electron chi connectivity index (χ4n) is 3.33. The van der Waals surface area contributed by atoms with Crippen molar-refractivity contribution in [3.05, 3.63) is 30.2 Å². The Hall–Kier alpha value is -2.15. The van der Waals surface area contributed by atoms with Gasteiger partial charge in [0.05, 0.1) is 0 Å². The van der Waals surface area contributed by atoms with E-state index in [0.717, 1.165) is 30.5 Å². The first-order chi connectivity index (χ1) is 12.3. The van der Waals surface area contributed by atoms with Crippen molar-refractivity contribution in [2.75, 3.05) is 32.7 Å². The fourth-order valence-corrected chi connectivity index (χ4v) is 3.33. The second-order valence-corrected chi connectivity index (χ2v) is 6.58. The van der Waals surface area contributed by atoms with Gasteiger partial charge >= 0.3 is 0 Å². The zero-order chi connectivity index (χ0) is 17.5. The molecular weight excluding hydrogens is 314 g/mol. The summed E-state index contributed by atoms with van der Waals surface area (Å²) in [5.74, 6) is 2.40. The van der Waals surface area contributed by atoms with Crippen LogP contribution in [0, 0.1) is 5.92 Å². The van der Waals surface area contributed by atoms with Gasteiger partial charge in [-0.15, -0.1) is 10.2 Å². The third-order valence-electron chi connectivity index (χ3n) is 4.58. The van der Waals surface area contributed by atoms with Gasteiger partial charge in [-0.3, -0.25) is 4.40 Å². The third-order valence-corrected chi connectivity index (χ3v) is 4.58. The molecule has 136 valence electrons. The van der Waals surface area contributed by atoms with Crippen molar-refractivity contribution >= 4 is 11.6 Å². The van der Waals surface area contributed by atoms with E-state index in [1.807, 2.05) is 28.8 Å². The van der Waals surface area contributed by atoms with Crippen molar-refractivity contribution in [2.45, 2.75) is 33.2 Å². The van der Waals surface area contributed by atoms with Gasteiger partial charge in [0.25, 0.3) is 0 Å². The molecule has 7 nitrogen and oxygen atoms in total. The standard InChI is InChI=1S/C18H29N7/c1-3-9-24-11-8-15(14-24)12-20-18(19-4-2)21-13-17-23-22-16-7-5-6-10-25(16)17/h5-7,10,15H,3-4,8-9,11-14H2,1-2H3,(H2,19,20,21). The van der Waals surface area contributed by atoms with Gasteiger partial charge in [-0.2, -0.15) is 0 Å². The minimum Gasteiger partial charge on any atom is -0.357 e. The molecule has 0 aromatic carbocycles. The third kappa shape index (κ3) is 4.69. The van der Waals surface area contributed by atoms with E-state index in [9.17, 15) is 0 Å². The Kier molecular flexibility index (Phi) is 6.22. The van der Waals surface area contributed by atoms with E-state index in [1.54, 1.807) is 0 Å². The molecule has 0 spiro atoms. The molecule has 0 aliphatic carbocycles. The second-order valence-electron chi connectivity index (χ2n) is 6.58. The van der Waals surface area contributed by atoms with Gasteiger partial charge in [0.15, 0.2) is 17.4 Å². The quantitative estimate of drug-likeness (QED) is 0.589. The topological polar surface area (TPSA) is 69.8 Å². The summed E-state index contributed by atoms with van der Waals surface area (Å²) in [7, 11) is 0. The SMILES string of the molecule is CCCN1CCC(CNC(=NCc2nnc3ccccn23)NCC)C1. The lowest BCUT2D eigenvalue weighted by Gasteiger charge is -2.16. The van der Waals surface area contributed by atoms with E-state index in [2.05, 4.69) is 44.6 Å². The molecule has 3 heterocycles. The molecule has 1 atom stereocenters. The Morgan fingerprint density at radius 2 is 2.20 bits per heavy atom. The number of pyridine rings is 1. The first-order valence-corrected chi connectivity index (χ1v) is 9.33. The smallest absolute Gasteiger partial charge is 0.191 e. The Bertz CT molecular complexity index is 694. The van der Waals surface area contributed by atoms with Gasteiger partial charge in [0, 0.05) is 25.8 Å². The molecule has 2 aromatic heterocycles. The first-order valence-electron chi connectivity index (χ1n) is 9.33. The number of nitrogens with one attached hydrogen (secondary N) is 2. The van der Waals surface area contributed by atoms with Crippen LogP contribution >= 0.6 is 0 Å². The van der Waals surface area contributed by atoms with Crippen LogP contribution < -0.4 is 10.6 Å². The van der Waals surface area contributed by atoms with E-state index >= 15 is 0 Å². The van der Waals surface area contributed by atoms with Gasteiger partial charge in [0.1, 0.15) is 6.54 Å². The summed E-state index contributed by atoms with van der Waals surface area (Å²) in [6.07, 6.45) is 4.47. The Morgan fingerprint density at radius 3 is 3.04 bits per heavy atom. The summed E-state index contributed by atoms with van der Waals surface area (Å²) in [6.45, 7) is 10.3. The molecule has 1 fully saturated rings. The molecule has 1 unspecified atom stereocenters. The molecule has 2 aromatic rings. The van der Waals surface area contributed by atoms with Crippen molar-refractivity contribution < 1.29 is 0 Å². The molecule has 0 amide bonds. The number of rotatable bonds is 7. The zero-order valence-corrected chi connectivity index (χ0v) is 15.3. The second kappa shape index (κ2) is 8.80. The van der Waals surface area contributed by atoms with Crippen molar-refractivity contribution in [3.63, 3.8) is 0 Å². The average Bonchev–Trinajstić information content (AvgIpc) is 3.25. The van der Waals surface area contributed by atoms with Crippen LogP contribution in [0.2, 0.25) is 0 Å². The highest BCUT2D eigenvalue weighted by atomic mass is 15.3. The molecule has 1 saturated heterocycles. The highest BCUT2D eigenvalue weighted by molar-refractivity contribution is 5.79. The predicted molar refractivity (Wildman–Crippen MR) is 101 cm³/mol. The number of fused-ring (bicyclic) bond motifs is 1. The summed E-state index contributed by atoms with van der Waals surface area (Å²) in [5, 5.41) is 15.2. The molecule has 0 bridgehead atoms. The monoisotopic (exact) mass is 343 g/mol. The minimum absolute atomic E-state index is 0.507. The van der Waals surface area contributed by atoms with Gasteiger partial charge in [-0.1, -0.05) is 13.0 Å². The summed E-state index contributed by atoms with van der Waals surface area (Å²) in [6, 6.07) is 5.90. The maximum Gasteiger partial charge on any atom is 0.191 e. The van der Waals surface area contributed by atoms with E-state index in [1.165, 1.54) is 32.5 Å². The lowest BCUT2D eigenvalue weighted by atomic mass is 10.1. The Morgan fingerprint density at radius 1 is 1.28 bits per heavy atom.